The number of unbranched alkanes of at least 4 members (excludes halogenated alkanes) is 2. The van der Waals surface area contributed by atoms with E-state index in [0.717, 1.165) is 24.8 Å². The summed E-state index contributed by atoms with van der Waals surface area (Å²) in [6.07, 6.45) is 3.05. The van der Waals surface area contributed by atoms with Crippen molar-refractivity contribution >= 4 is 17.4 Å². The number of carbonyl (C=O) groups excluding carboxylic acids is 2. The highest BCUT2D eigenvalue weighted by molar-refractivity contribution is 5.94. The summed E-state index contributed by atoms with van der Waals surface area (Å²) in [6.45, 7) is -2.49. The first-order chi connectivity index (χ1) is 13.5. The fourth-order valence-corrected chi connectivity index (χ4v) is 2.74. The third kappa shape index (κ3) is 7.34. The molecule has 0 bridgehead atoms. The van der Waals surface area contributed by atoms with Crippen LogP contribution >= 0.6 is 0 Å². The molecule has 0 spiro atoms. The summed E-state index contributed by atoms with van der Waals surface area (Å²) in [5.74, 6) is -0.270. The summed E-state index contributed by atoms with van der Waals surface area (Å²) in [4.78, 5) is 24.0. The number of carbonyl (C=O) groups is 2. The number of alkyl halides is 2. The van der Waals surface area contributed by atoms with Gasteiger partial charge in [-0.2, -0.15) is 8.78 Å². The Bertz CT molecular complexity index is 797. The third-order valence-electron chi connectivity index (χ3n) is 4.18. The van der Waals surface area contributed by atoms with Crippen LogP contribution in [0.4, 0.5) is 14.5 Å². The second kappa shape index (κ2) is 11.0. The van der Waals surface area contributed by atoms with Crippen LogP contribution in [-0.2, 0) is 11.2 Å². The molecule has 0 radical (unpaired) electrons. The van der Waals surface area contributed by atoms with Gasteiger partial charge in [0.1, 0.15) is 11.5 Å². The molecule has 0 aliphatic carbocycles. The highest BCUT2D eigenvalue weighted by Gasteiger charge is 2.09. The number of nitrogens with one attached hydrogen (secondary N) is 1. The molecule has 2 aromatic rings. The molecule has 0 saturated heterocycles. The molecule has 0 fully saturated rings. The van der Waals surface area contributed by atoms with Gasteiger partial charge in [0.05, 0.1) is 0 Å². The summed E-state index contributed by atoms with van der Waals surface area (Å²) >= 11 is 0. The van der Waals surface area contributed by atoms with Crippen LogP contribution in [0, 0.1) is 0 Å². The van der Waals surface area contributed by atoms with Gasteiger partial charge in [0.15, 0.2) is 0 Å². The molecule has 7 heteroatoms. The quantitative estimate of drug-likeness (QED) is 0.449. The minimum absolute atomic E-state index is 0.0554. The van der Waals surface area contributed by atoms with Crippen molar-refractivity contribution < 1.29 is 23.1 Å². The van der Waals surface area contributed by atoms with Gasteiger partial charge < -0.3 is 15.8 Å². The number of benzene rings is 2. The molecule has 0 aliphatic heterocycles. The number of hydrogen-bond acceptors (Lipinski definition) is 4. The van der Waals surface area contributed by atoms with Crippen LogP contribution in [0.5, 0.6) is 5.75 Å². The van der Waals surface area contributed by atoms with Crippen LogP contribution in [-0.4, -0.2) is 24.8 Å². The molecular weight excluding hydrogens is 366 g/mol. The molecule has 0 heterocycles. The Morgan fingerprint density at radius 1 is 1.04 bits per heavy atom. The van der Waals surface area contributed by atoms with E-state index < -0.39 is 6.61 Å². The van der Waals surface area contributed by atoms with Gasteiger partial charge >= 0.3 is 6.61 Å². The number of halogens is 2. The Kier molecular flexibility index (Phi) is 8.39. The maximum Gasteiger partial charge on any atom is 0.387 e. The summed E-state index contributed by atoms with van der Waals surface area (Å²) in [5, 5.41) is 2.73. The van der Waals surface area contributed by atoms with Crippen LogP contribution in [0.1, 0.15) is 41.6 Å². The molecular formula is C21H24F2N2O3. The number of amides is 1. The summed E-state index contributed by atoms with van der Waals surface area (Å²) in [7, 11) is 0. The third-order valence-corrected chi connectivity index (χ3v) is 4.18. The highest BCUT2D eigenvalue weighted by atomic mass is 19.3. The number of Topliss-reactive ketones (excluding diaryl/α,β-unsaturated/α-hetero) is 1. The van der Waals surface area contributed by atoms with Gasteiger partial charge in [-0.05, 0) is 42.7 Å². The van der Waals surface area contributed by atoms with Crippen molar-refractivity contribution in [2.45, 2.75) is 38.7 Å². The van der Waals surface area contributed by atoms with Gasteiger partial charge in [-0.1, -0.05) is 30.7 Å². The zero-order valence-corrected chi connectivity index (χ0v) is 15.5. The topological polar surface area (TPSA) is 81.4 Å². The molecule has 2 rings (SSSR count). The van der Waals surface area contributed by atoms with E-state index in [1.165, 1.54) is 24.3 Å². The van der Waals surface area contributed by atoms with Crippen molar-refractivity contribution in [3.05, 3.63) is 59.7 Å². The van der Waals surface area contributed by atoms with Crippen molar-refractivity contribution in [1.29, 1.82) is 0 Å². The Morgan fingerprint density at radius 2 is 1.82 bits per heavy atom. The Hall–Kier alpha value is -2.96. The number of nitrogen functional groups attached to an aromatic ring is 1. The molecule has 0 saturated carbocycles. The first kappa shape index (κ1) is 21.3. The summed E-state index contributed by atoms with van der Waals surface area (Å²) in [6, 6.07) is 13.0. The zero-order valence-electron chi connectivity index (χ0n) is 15.5. The smallest absolute Gasteiger partial charge is 0.387 e. The van der Waals surface area contributed by atoms with Crippen molar-refractivity contribution in [3.63, 3.8) is 0 Å². The predicted molar refractivity (Wildman–Crippen MR) is 103 cm³/mol. The molecule has 150 valence electrons. The maximum atomic E-state index is 12.2. The van der Waals surface area contributed by atoms with E-state index in [4.69, 9.17) is 5.73 Å². The van der Waals surface area contributed by atoms with Crippen molar-refractivity contribution in [3.8, 4) is 5.75 Å². The highest BCUT2D eigenvalue weighted by Crippen LogP contribution is 2.16. The number of anilines is 1. The minimum atomic E-state index is -2.93. The first-order valence-corrected chi connectivity index (χ1v) is 9.14. The van der Waals surface area contributed by atoms with Gasteiger partial charge in [-0.3, -0.25) is 9.59 Å². The lowest BCUT2D eigenvalue weighted by Gasteiger charge is -2.08. The van der Waals surface area contributed by atoms with Crippen molar-refractivity contribution in [2.24, 2.45) is 0 Å². The molecule has 0 atom stereocenters. The second-order valence-electron chi connectivity index (χ2n) is 6.39. The standard InChI is InChI=1S/C21H24F2N2O3/c22-21(23)28-18-10-6-8-16(14-18)20(27)25-12-5-1-2-9-17(26)13-15-7-3-4-11-19(15)24/h3-4,6-8,10-11,14,21H,1-2,5,9,12-13,24H2,(H,25,27). The molecule has 0 aromatic heterocycles. The van der Waals surface area contributed by atoms with Crippen molar-refractivity contribution in [1.82, 2.24) is 5.32 Å². The van der Waals surface area contributed by atoms with Crippen LogP contribution in [0.2, 0.25) is 0 Å². The molecule has 0 aliphatic rings. The van der Waals surface area contributed by atoms with E-state index in [1.54, 1.807) is 6.07 Å². The molecule has 0 unspecified atom stereocenters. The molecule has 1 amide bonds. The van der Waals surface area contributed by atoms with E-state index in [9.17, 15) is 18.4 Å². The maximum absolute atomic E-state index is 12.2. The van der Waals surface area contributed by atoms with E-state index >= 15 is 0 Å². The van der Waals surface area contributed by atoms with Crippen molar-refractivity contribution in [2.75, 3.05) is 12.3 Å². The van der Waals surface area contributed by atoms with E-state index in [2.05, 4.69) is 10.1 Å². The lowest BCUT2D eigenvalue weighted by atomic mass is 10.0. The lowest BCUT2D eigenvalue weighted by molar-refractivity contribution is -0.118. The molecule has 28 heavy (non-hydrogen) atoms. The predicted octanol–water partition coefficient (Wildman–Crippen LogP) is 3.97. The SMILES string of the molecule is Nc1ccccc1CC(=O)CCCCCNC(=O)c1cccc(OC(F)F)c1. The second-order valence-corrected chi connectivity index (χ2v) is 6.39. The average molecular weight is 390 g/mol. The number of rotatable bonds is 11. The molecule has 3 N–H and O–H groups in total. The van der Waals surface area contributed by atoms with Crippen LogP contribution in [0.15, 0.2) is 48.5 Å². The normalized spacial score (nSPS) is 10.7. The monoisotopic (exact) mass is 390 g/mol. The number of ketones is 1. The van der Waals surface area contributed by atoms with Gasteiger partial charge in [0.2, 0.25) is 0 Å². The lowest BCUT2D eigenvalue weighted by Crippen LogP contribution is -2.24. The zero-order chi connectivity index (χ0) is 20.4. The van der Waals surface area contributed by atoms with E-state index in [-0.39, 0.29) is 23.0 Å². The van der Waals surface area contributed by atoms with Gasteiger partial charge in [-0.15, -0.1) is 0 Å². The fraction of sp³-hybridized carbons (Fsp3) is 0.333. The number of para-hydroxylation sites is 1. The molecule has 2 aromatic carbocycles. The summed E-state index contributed by atoms with van der Waals surface area (Å²) in [5.41, 5.74) is 7.56. The van der Waals surface area contributed by atoms with Gasteiger partial charge in [0.25, 0.3) is 5.91 Å². The van der Waals surface area contributed by atoms with Gasteiger partial charge in [-0.25, -0.2) is 0 Å². The van der Waals surface area contributed by atoms with E-state index in [1.807, 2.05) is 18.2 Å². The number of ether oxygens (including phenoxy) is 1. The Balaban J connectivity index is 1.63. The number of nitrogens with two attached hydrogens (primary N) is 1. The molecule has 5 nitrogen and oxygen atoms in total. The number of hydrogen-bond donors (Lipinski definition) is 2. The van der Waals surface area contributed by atoms with Crippen LogP contribution in [0.25, 0.3) is 0 Å². The largest absolute Gasteiger partial charge is 0.435 e. The Labute approximate surface area is 162 Å². The fourth-order valence-electron chi connectivity index (χ4n) is 2.74. The van der Waals surface area contributed by atoms with Crippen LogP contribution in [0.3, 0.4) is 0 Å². The van der Waals surface area contributed by atoms with E-state index in [0.29, 0.717) is 25.1 Å². The Morgan fingerprint density at radius 3 is 2.57 bits per heavy atom. The summed E-state index contributed by atoms with van der Waals surface area (Å²) < 4.78 is 28.7. The average Bonchev–Trinajstić information content (AvgIpc) is 2.66. The van der Waals surface area contributed by atoms with Gasteiger partial charge in [0, 0.05) is 30.6 Å². The minimum Gasteiger partial charge on any atom is -0.435 e. The van der Waals surface area contributed by atoms with Crippen LogP contribution < -0.4 is 15.8 Å². The first-order valence-electron chi connectivity index (χ1n) is 9.14.